The molecule has 108 valence electrons. The predicted molar refractivity (Wildman–Crippen MR) is 96.7 cm³/mol. The number of fused-ring (bicyclic) bond motifs is 4. The van der Waals surface area contributed by atoms with Crippen LogP contribution in [0.15, 0.2) is 89.3 Å². The van der Waals surface area contributed by atoms with Gasteiger partial charge in [0.15, 0.2) is 0 Å². The van der Waals surface area contributed by atoms with Gasteiger partial charge in [-0.05, 0) is 46.2 Å². The molecule has 0 spiro atoms. The fourth-order valence-corrected chi connectivity index (χ4v) is 3.27. The van der Waals surface area contributed by atoms with Gasteiger partial charge in [0.25, 0.3) is 0 Å². The highest BCUT2D eigenvalue weighted by Crippen LogP contribution is 2.34. The highest BCUT2D eigenvalue weighted by atomic mass is 16.3. The summed E-state index contributed by atoms with van der Waals surface area (Å²) in [7, 11) is 0. The normalized spacial score (nSPS) is 11.5. The fraction of sp³-hybridized carbons (Fsp3) is 0. The van der Waals surface area contributed by atoms with Crippen LogP contribution >= 0.6 is 0 Å². The average molecular weight is 294 g/mol. The van der Waals surface area contributed by atoms with Crippen LogP contribution in [0.5, 0.6) is 0 Å². The lowest BCUT2D eigenvalue weighted by Gasteiger charge is -2.01. The lowest BCUT2D eigenvalue weighted by molar-refractivity contribution is 0.669. The summed E-state index contributed by atoms with van der Waals surface area (Å²) >= 11 is 0. The number of furan rings is 1. The molecule has 5 aromatic rings. The van der Waals surface area contributed by atoms with Crippen molar-refractivity contribution in [1.29, 1.82) is 0 Å². The van der Waals surface area contributed by atoms with Crippen LogP contribution in [0.25, 0.3) is 43.8 Å². The molecule has 0 amide bonds. The average Bonchev–Trinajstić information content (AvgIpc) is 2.97. The summed E-state index contributed by atoms with van der Waals surface area (Å²) < 4.78 is 6.05. The molecule has 0 N–H and O–H groups in total. The zero-order valence-corrected chi connectivity index (χ0v) is 12.5. The zero-order valence-electron chi connectivity index (χ0n) is 12.5. The molecule has 4 aromatic carbocycles. The van der Waals surface area contributed by atoms with E-state index in [1.165, 1.54) is 32.7 Å². The smallest absolute Gasteiger partial charge is 0.136 e. The Labute approximate surface area is 133 Å². The van der Waals surface area contributed by atoms with Crippen LogP contribution in [0.2, 0.25) is 0 Å². The molecule has 0 bridgehead atoms. The van der Waals surface area contributed by atoms with Crippen molar-refractivity contribution >= 4 is 32.7 Å². The third kappa shape index (κ3) is 1.94. The third-order valence-electron chi connectivity index (χ3n) is 4.44. The molecule has 0 atom stereocenters. The monoisotopic (exact) mass is 294 g/mol. The van der Waals surface area contributed by atoms with Gasteiger partial charge in [0.2, 0.25) is 0 Å². The van der Waals surface area contributed by atoms with Crippen molar-refractivity contribution < 1.29 is 4.42 Å². The molecule has 1 aromatic heterocycles. The van der Waals surface area contributed by atoms with Gasteiger partial charge in [0.1, 0.15) is 11.2 Å². The van der Waals surface area contributed by atoms with Gasteiger partial charge in [0.05, 0.1) is 0 Å². The number of benzene rings is 4. The van der Waals surface area contributed by atoms with E-state index < -0.39 is 0 Å². The molecule has 1 nitrogen and oxygen atoms in total. The molecule has 0 saturated heterocycles. The zero-order chi connectivity index (χ0) is 15.2. The van der Waals surface area contributed by atoms with Crippen LogP contribution in [0.3, 0.4) is 0 Å². The van der Waals surface area contributed by atoms with E-state index in [9.17, 15) is 0 Å². The van der Waals surface area contributed by atoms with E-state index >= 15 is 0 Å². The van der Waals surface area contributed by atoms with Gasteiger partial charge in [-0.1, -0.05) is 60.7 Å². The molecule has 0 aliphatic carbocycles. The molecule has 5 rings (SSSR count). The second-order valence-electron chi connectivity index (χ2n) is 5.87. The number of rotatable bonds is 1. The first kappa shape index (κ1) is 12.5. The summed E-state index contributed by atoms with van der Waals surface area (Å²) in [5.74, 6) is 0. The van der Waals surface area contributed by atoms with Gasteiger partial charge >= 0.3 is 0 Å². The molecular weight excluding hydrogens is 280 g/mol. The Morgan fingerprint density at radius 3 is 2.00 bits per heavy atom. The van der Waals surface area contributed by atoms with E-state index in [-0.39, 0.29) is 0 Å². The fourth-order valence-electron chi connectivity index (χ4n) is 3.27. The van der Waals surface area contributed by atoms with Crippen LogP contribution in [0.1, 0.15) is 0 Å². The van der Waals surface area contributed by atoms with Crippen LogP contribution in [0.4, 0.5) is 0 Å². The van der Waals surface area contributed by atoms with Crippen molar-refractivity contribution in [2.45, 2.75) is 0 Å². The highest BCUT2D eigenvalue weighted by molar-refractivity contribution is 6.10. The minimum absolute atomic E-state index is 0.940. The summed E-state index contributed by atoms with van der Waals surface area (Å²) in [5, 5.41) is 4.80. The molecule has 0 fully saturated rings. The first-order valence-corrected chi connectivity index (χ1v) is 7.79. The molecule has 0 aliphatic rings. The Kier molecular flexibility index (Phi) is 2.56. The molecule has 0 aliphatic heterocycles. The van der Waals surface area contributed by atoms with Crippen molar-refractivity contribution in [3.63, 3.8) is 0 Å². The van der Waals surface area contributed by atoms with E-state index in [2.05, 4.69) is 78.9 Å². The van der Waals surface area contributed by atoms with Gasteiger partial charge < -0.3 is 4.42 Å². The molecule has 1 heterocycles. The summed E-state index contributed by atoms with van der Waals surface area (Å²) in [4.78, 5) is 0. The maximum absolute atomic E-state index is 6.05. The molecule has 0 radical (unpaired) electrons. The lowest BCUT2D eigenvalue weighted by Crippen LogP contribution is -1.76. The molecule has 1 heteroatoms. The van der Waals surface area contributed by atoms with Crippen LogP contribution in [-0.4, -0.2) is 0 Å². The maximum atomic E-state index is 6.05. The van der Waals surface area contributed by atoms with Crippen LogP contribution in [-0.2, 0) is 0 Å². The van der Waals surface area contributed by atoms with Gasteiger partial charge in [-0.3, -0.25) is 0 Å². The predicted octanol–water partition coefficient (Wildman–Crippen LogP) is 6.41. The summed E-state index contributed by atoms with van der Waals surface area (Å²) in [6.45, 7) is 0. The van der Waals surface area contributed by atoms with E-state index in [0.29, 0.717) is 0 Å². The standard InChI is InChI=1S/C22H14O/c1-2-6-15(7-3-1)18-10-11-21-19(13-18)20-12-16-8-4-5-9-17(16)14-22(20)23-21/h1-14H. The Bertz CT molecular complexity index is 1150. The summed E-state index contributed by atoms with van der Waals surface area (Å²) in [6, 6.07) is 29.6. The van der Waals surface area contributed by atoms with E-state index in [1.807, 2.05) is 6.07 Å². The van der Waals surface area contributed by atoms with E-state index in [0.717, 1.165) is 11.2 Å². The van der Waals surface area contributed by atoms with Gasteiger partial charge in [0, 0.05) is 10.8 Å². The topological polar surface area (TPSA) is 13.1 Å². The Balaban J connectivity index is 1.84. The number of hydrogen-bond acceptors (Lipinski definition) is 1. The van der Waals surface area contributed by atoms with Crippen LogP contribution in [0, 0.1) is 0 Å². The second-order valence-corrected chi connectivity index (χ2v) is 5.87. The van der Waals surface area contributed by atoms with Crippen molar-refractivity contribution in [2.75, 3.05) is 0 Å². The molecular formula is C22H14O. The van der Waals surface area contributed by atoms with Gasteiger partial charge in [-0.2, -0.15) is 0 Å². The Morgan fingerprint density at radius 1 is 0.478 bits per heavy atom. The lowest BCUT2D eigenvalue weighted by atomic mass is 10.0. The van der Waals surface area contributed by atoms with Crippen molar-refractivity contribution in [2.24, 2.45) is 0 Å². The second kappa shape index (κ2) is 4.72. The van der Waals surface area contributed by atoms with Crippen LogP contribution < -0.4 is 0 Å². The minimum atomic E-state index is 0.940. The molecule has 0 saturated carbocycles. The quantitative estimate of drug-likeness (QED) is 0.348. The third-order valence-corrected chi connectivity index (χ3v) is 4.44. The van der Waals surface area contributed by atoms with E-state index in [1.54, 1.807) is 0 Å². The Morgan fingerprint density at radius 2 is 1.17 bits per heavy atom. The van der Waals surface area contributed by atoms with E-state index in [4.69, 9.17) is 4.42 Å². The molecule has 23 heavy (non-hydrogen) atoms. The highest BCUT2D eigenvalue weighted by Gasteiger charge is 2.09. The van der Waals surface area contributed by atoms with Gasteiger partial charge in [-0.25, -0.2) is 0 Å². The molecule has 0 unspecified atom stereocenters. The number of hydrogen-bond donors (Lipinski definition) is 0. The SMILES string of the molecule is c1ccc(-c2ccc3oc4cc5ccccc5cc4c3c2)cc1. The van der Waals surface area contributed by atoms with Crippen molar-refractivity contribution in [1.82, 2.24) is 0 Å². The van der Waals surface area contributed by atoms with Crippen molar-refractivity contribution in [3.8, 4) is 11.1 Å². The first-order valence-electron chi connectivity index (χ1n) is 7.79. The first-order chi connectivity index (χ1) is 11.4. The maximum Gasteiger partial charge on any atom is 0.136 e. The summed E-state index contributed by atoms with van der Waals surface area (Å²) in [6.07, 6.45) is 0. The van der Waals surface area contributed by atoms with Gasteiger partial charge in [-0.15, -0.1) is 0 Å². The largest absolute Gasteiger partial charge is 0.456 e. The minimum Gasteiger partial charge on any atom is -0.456 e. The van der Waals surface area contributed by atoms with Crippen molar-refractivity contribution in [3.05, 3.63) is 84.9 Å². The Hall–Kier alpha value is -3.06. The summed E-state index contributed by atoms with van der Waals surface area (Å²) in [5.41, 5.74) is 4.33.